The zero-order valence-electron chi connectivity index (χ0n) is 16.7. The summed E-state index contributed by atoms with van der Waals surface area (Å²) in [5, 5.41) is 6.07. The first-order valence-electron chi connectivity index (χ1n) is 9.51. The predicted molar refractivity (Wildman–Crippen MR) is 114 cm³/mol. The number of hydrogen-bond acceptors (Lipinski definition) is 7. The summed E-state index contributed by atoms with van der Waals surface area (Å²) in [5.41, 5.74) is 2.41. The van der Waals surface area contributed by atoms with E-state index in [1.807, 2.05) is 35.7 Å². The molecule has 4 rings (SSSR count). The van der Waals surface area contributed by atoms with Crippen LogP contribution in [0, 0.1) is 12.7 Å². The molecule has 31 heavy (non-hydrogen) atoms. The standard InChI is InChI=1S/C22H19FN4O3S/c1-15-24-20(30-26-15)12-29-13-21(28)27(11-16-5-3-2-4-6-16)22-25-19(14-31-22)17-7-9-18(23)10-8-17/h2-10,14H,11-13H2,1H3. The molecule has 0 unspecified atom stereocenters. The number of anilines is 1. The van der Waals surface area contributed by atoms with Crippen molar-refractivity contribution in [3.05, 3.63) is 83.1 Å². The maximum atomic E-state index is 13.2. The minimum absolute atomic E-state index is 0.0461. The third-order valence-electron chi connectivity index (χ3n) is 4.37. The Kier molecular flexibility index (Phi) is 6.44. The van der Waals surface area contributed by atoms with E-state index >= 15 is 0 Å². The van der Waals surface area contributed by atoms with Gasteiger partial charge in [0.2, 0.25) is 0 Å². The van der Waals surface area contributed by atoms with E-state index in [9.17, 15) is 9.18 Å². The fourth-order valence-corrected chi connectivity index (χ4v) is 3.72. The minimum Gasteiger partial charge on any atom is -0.362 e. The first-order chi connectivity index (χ1) is 15.1. The van der Waals surface area contributed by atoms with Crippen LogP contribution in [0.4, 0.5) is 9.52 Å². The number of carbonyl (C=O) groups excluding carboxylic acids is 1. The topological polar surface area (TPSA) is 81.4 Å². The summed E-state index contributed by atoms with van der Waals surface area (Å²) in [6, 6.07) is 15.7. The van der Waals surface area contributed by atoms with Crippen LogP contribution in [0.2, 0.25) is 0 Å². The molecule has 2 aromatic carbocycles. The number of aromatic nitrogens is 3. The molecule has 0 saturated heterocycles. The highest BCUT2D eigenvalue weighted by molar-refractivity contribution is 7.14. The summed E-state index contributed by atoms with van der Waals surface area (Å²) >= 11 is 1.34. The molecule has 0 N–H and O–H groups in total. The summed E-state index contributed by atoms with van der Waals surface area (Å²) in [4.78, 5) is 23.2. The van der Waals surface area contributed by atoms with Gasteiger partial charge in [0.05, 0.1) is 12.2 Å². The van der Waals surface area contributed by atoms with Gasteiger partial charge < -0.3 is 9.26 Å². The first kappa shape index (κ1) is 20.8. The number of carbonyl (C=O) groups is 1. The van der Waals surface area contributed by atoms with Crippen LogP contribution in [0.1, 0.15) is 17.3 Å². The van der Waals surface area contributed by atoms with Gasteiger partial charge in [0, 0.05) is 10.9 Å². The monoisotopic (exact) mass is 438 g/mol. The summed E-state index contributed by atoms with van der Waals surface area (Å²) in [6.07, 6.45) is 0. The van der Waals surface area contributed by atoms with Crippen molar-refractivity contribution in [3.63, 3.8) is 0 Å². The maximum absolute atomic E-state index is 13.2. The molecule has 2 aromatic heterocycles. The summed E-state index contributed by atoms with van der Waals surface area (Å²) < 4.78 is 23.7. The molecule has 9 heteroatoms. The number of nitrogens with zero attached hydrogens (tertiary/aromatic N) is 4. The lowest BCUT2D eigenvalue weighted by atomic mass is 10.2. The molecule has 1 amide bonds. The number of benzene rings is 2. The van der Waals surface area contributed by atoms with Gasteiger partial charge in [-0.2, -0.15) is 4.98 Å². The Bertz CT molecular complexity index is 1150. The Morgan fingerprint density at radius 3 is 2.61 bits per heavy atom. The third kappa shape index (κ3) is 5.39. The largest absolute Gasteiger partial charge is 0.362 e. The lowest BCUT2D eigenvalue weighted by molar-refractivity contribution is -0.123. The molecule has 4 aromatic rings. The average molecular weight is 438 g/mol. The van der Waals surface area contributed by atoms with Crippen molar-refractivity contribution in [2.75, 3.05) is 11.5 Å². The second-order valence-corrected chi connectivity index (χ2v) is 7.55. The number of amides is 1. The quantitative estimate of drug-likeness (QED) is 0.406. The summed E-state index contributed by atoms with van der Waals surface area (Å²) in [7, 11) is 0. The Morgan fingerprint density at radius 2 is 1.90 bits per heavy atom. The maximum Gasteiger partial charge on any atom is 0.255 e. The molecule has 158 valence electrons. The van der Waals surface area contributed by atoms with Crippen LogP contribution in [0.15, 0.2) is 64.5 Å². The van der Waals surface area contributed by atoms with Gasteiger partial charge in [-0.1, -0.05) is 35.5 Å². The Morgan fingerprint density at radius 1 is 1.13 bits per heavy atom. The lowest BCUT2D eigenvalue weighted by Gasteiger charge is -2.20. The highest BCUT2D eigenvalue weighted by Gasteiger charge is 2.21. The van der Waals surface area contributed by atoms with Crippen LogP contribution in [0.25, 0.3) is 11.3 Å². The van der Waals surface area contributed by atoms with Gasteiger partial charge in [-0.25, -0.2) is 9.37 Å². The van der Waals surface area contributed by atoms with E-state index in [1.165, 1.54) is 23.5 Å². The van der Waals surface area contributed by atoms with Crippen LogP contribution in [0.3, 0.4) is 0 Å². The zero-order valence-corrected chi connectivity index (χ0v) is 17.5. The van der Waals surface area contributed by atoms with Gasteiger partial charge >= 0.3 is 0 Å². The molecule has 0 saturated carbocycles. The van der Waals surface area contributed by atoms with Crippen molar-refractivity contribution in [1.82, 2.24) is 15.1 Å². The van der Waals surface area contributed by atoms with Crippen molar-refractivity contribution in [2.24, 2.45) is 0 Å². The molecule has 2 heterocycles. The molecular weight excluding hydrogens is 419 g/mol. The van der Waals surface area contributed by atoms with Crippen molar-refractivity contribution in [2.45, 2.75) is 20.1 Å². The zero-order chi connectivity index (χ0) is 21.6. The number of ether oxygens (including phenoxy) is 1. The van der Waals surface area contributed by atoms with E-state index in [2.05, 4.69) is 15.1 Å². The van der Waals surface area contributed by atoms with Crippen molar-refractivity contribution in [3.8, 4) is 11.3 Å². The number of hydrogen-bond donors (Lipinski definition) is 0. The molecule has 0 bridgehead atoms. The van der Waals surface area contributed by atoms with E-state index < -0.39 is 0 Å². The number of thiazole rings is 1. The van der Waals surface area contributed by atoms with Gasteiger partial charge in [0.25, 0.3) is 11.8 Å². The van der Waals surface area contributed by atoms with Gasteiger partial charge in [-0.3, -0.25) is 9.69 Å². The van der Waals surface area contributed by atoms with Crippen LogP contribution in [-0.4, -0.2) is 27.6 Å². The predicted octanol–water partition coefficient (Wildman–Crippen LogP) is 4.39. The second kappa shape index (κ2) is 9.59. The summed E-state index contributed by atoms with van der Waals surface area (Å²) in [6.45, 7) is 1.93. The van der Waals surface area contributed by atoms with Crippen molar-refractivity contribution in [1.29, 1.82) is 0 Å². The molecule has 0 atom stereocenters. The van der Waals surface area contributed by atoms with Crippen LogP contribution >= 0.6 is 11.3 Å². The second-order valence-electron chi connectivity index (χ2n) is 6.72. The minimum atomic E-state index is -0.311. The Labute approximate surface area is 182 Å². The van der Waals surface area contributed by atoms with Crippen molar-refractivity contribution < 1.29 is 18.4 Å². The average Bonchev–Trinajstić information content (AvgIpc) is 3.42. The Balaban J connectivity index is 1.51. The molecule has 0 fully saturated rings. The van der Waals surface area contributed by atoms with E-state index in [1.54, 1.807) is 24.0 Å². The van der Waals surface area contributed by atoms with Crippen LogP contribution in [-0.2, 0) is 22.7 Å². The first-order valence-corrected chi connectivity index (χ1v) is 10.4. The SMILES string of the molecule is Cc1noc(COCC(=O)N(Cc2ccccc2)c2nc(-c3ccc(F)cc3)cs2)n1. The van der Waals surface area contributed by atoms with Crippen molar-refractivity contribution >= 4 is 22.4 Å². The molecule has 7 nitrogen and oxygen atoms in total. The normalized spacial score (nSPS) is 10.9. The van der Waals surface area contributed by atoms with Gasteiger partial charge in [-0.05, 0) is 36.8 Å². The molecule has 0 aliphatic heterocycles. The van der Waals surface area contributed by atoms with E-state index in [-0.39, 0.29) is 24.9 Å². The van der Waals surface area contributed by atoms with E-state index in [0.29, 0.717) is 29.1 Å². The van der Waals surface area contributed by atoms with Gasteiger partial charge in [-0.15, -0.1) is 11.3 Å². The van der Waals surface area contributed by atoms with Crippen LogP contribution < -0.4 is 4.90 Å². The molecular formula is C22H19FN4O3S. The molecule has 0 radical (unpaired) electrons. The van der Waals surface area contributed by atoms with E-state index in [0.717, 1.165) is 11.1 Å². The molecule has 0 aliphatic carbocycles. The smallest absolute Gasteiger partial charge is 0.255 e. The fraction of sp³-hybridized carbons (Fsp3) is 0.182. The van der Waals surface area contributed by atoms with Gasteiger partial charge in [0.1, 0.15) is 19.0 Å². The highest BCUT2D eigenvalue weighted by atomic mass is 32.1. The lowest BCUT2D eigenvalue weighted by Crippen LogP contribution is -2.33. The number of rotatable bonds is 8. The molecule has 0 spiro atoms. The number of aryl methyl sites for hydroxylation is 1. The van der Waals surface area contributed by atoms with E-state index in [4.69, 9.17) is 9.26 Å². The number of halogens is 1. The Hall–Kier alpha value is -3.43. The molecule has 0 aliphatic rings. The van der Waals surface area contributed by atoms with Crippen LogP contribution in [0.5, 0.6) is 0 Å². The fourth-order valence-electron chi connectivity index (χ4n) is 2.87. The summed E-state index contributed by atoms with van der Waals surface area (Å²) in [5.74, 6) is 0.258. The van der Waals surface area contributed by atoms with Gasteiger partial charge in [0.15, 0.2) is 11.0 Å². The highest BCUT2D eigenvalue weighted by Crippen LogP contribution is 2.29. The third-order valence-corrected chi connectivity index (χ3v) is 5.23.